The van der Waals surface area contributed by atoms with Crippen LogP contribution in [0.2, 0.25) is 0 Å². The quantitative estimate of drug-likeness (QED) is 0.506. The first-order chi connectivity index (χ1) is 16.5. The number of ether oxygens (including phenoxy) is 4. The van der Waals surface area contributed by atoms with Crippen molar-refractivity contribution in [2.24, 2.45) is 0 Å². The number of para-hydroxylation sites is 1. The lowest BCUT2D eigenvalue weighted by molar-refractivity contribution is -0.120. The largest absolute Gasteiger partial charge is 0.497 e. The molecule has 4 rings (SSSR count). The number of amides is 2. The number of anilines is 2. The topological polar surface area (TPSA) is 86.3 Å². The van der Waals surface area contributed by atoms with Gasteiger partial charge < -0.3 is 24.3 Å². The summed E-state index contributed by atoms with van der Waals surface area (Å²) in [5, 5.41) is 3.12. The number of imide groups is 1. The van der Waals surface area contributed by atoms with Crippen LogP contribution in [-0.4, -0.2) is 40.3 Å². The summed E-state index contributed by atoms with van der Waals surface area (Å²) in [5.74, 6) is 1.17. The smallest absolute Gasteiger partial charge is 0.282 e. The molecule has 0 saturated heterocycles. The van der Waals surface area contributed by atoms with Gasteiger partial charge in [-0.15, -0.1) is 0 Å². The Morgan fingerprint density at radius 1 is 0.676 bits per heavy atom. The van der Waals surface area contributed by atoms with Crippen LogP contribution in [0.15, 0.2) is 72.4 Å². The average Bonchev–Trinajstić information content (AvgIpc) is 3.12. The van der Waals surface area contributed by atoms with Crippen molar-refractivity contribution in [1.82, 2.24) is 0 Å². The van der Waals surface area contributed by atoms with Gasteiger partial charge >= 0.3 is 0 Å². The molecule has 174 valence electrons. The molecule has 0 aliphatic carbocycles. The highest BCUT2D eigenvalue weighted by atomic mass is 16.5. The SMILES string of the molecule is COc1ccc(N2C(=O)C(Nc3cc(OC)cc(OC)c3)=C(c3ccccc3OC)C2=O)cc1. The number of hydrogen-bond donors (Lipinski definition) is 1. The molecule has 2 amide bonds. The molecular weight excluding hydrogens is 436 g/mol. The first-order valence-corrected chi connectivity index (χ1v) is 10.4. The van der Waals surface area contributed by atoms with Crippen LogP contribution in [0.5, 0.6) is 23.0 Å². The van der Waals surface area contributed by atoms with Crippen molar-refractivity contribution >= 4 is 28.8 Å². The third-order valence-corrected chi connectivity index (χ3v) is 5.41. The maximum atomic E-state index is 13.7. The Balaban J connectivity index is 1.85. The maximum absolute atomic E-state index is 13.7. The van der Waals surface area contributed by atoms with Crippen LogP contribution in [-0.2, 0) is 9.59 Å². The molecule has 0 spiro atoms. The lowest BCUT2D eigenvalue weighted by Gasteiger charge is -2.16. The summed E-state index contributed by atoms with van der Waals surface area (Å²) < 4.78 is 21.4. The van der Waals surface area contributed by atoms with Crippen LogP contribution >= 0.6 is 0 Å². The highest BCUT2D eigenvalue weighted by molar-refractivity contribution is 6.46. The lowest BCUT2D eigenvalue weighted by atomic mass is 10.0. The zero-order chi connectivity index (χ0) is 24.2. The minimum atomic E-state index is -0.502. The Kier molecular flexibility index (Phi) is 6.40. The number of carbonyl (C=O) groups excluding carboxylic acids is 2. The zero-order valence-corrected chi connectivity index (χ0v) is 19.2. The van der Waals surface area contributed by atoms with Crippen molar-refractivity contribution in [2.45, 2.75) is 0 Å². The van der Waals surface area contributed by atoms with Gasteiger partial charge in [-0.1, -0.05) is 18.2 Å². The van der Waals surface area contributed by atoms with E-state index in [1.807, 2.05) is 0 Å². The molecule has 0 saturated carbocycles. The van der Waals surface area contributed by atoms with E-state index in [9.17, 15) is 9.59 Å². The summed E-state index contributed by atoms with van der Waals surface area (Å²) in [6.07, 6.45) is 0. The lowest BCUT2D eigenvalue weighted by Crippen LogP contribution is -2.32. The minimum absolute atomic E-state index is 0.112. The molecule has 3 aromatic rings. The van der Waals surface area contributed by atoms with Gasteiger partial charge in [-0.3, -0.25) is 9.59 Å². The van der Waals surface area contributed by atoms with E-state index in [0.29, 0.717) is 39.9 Å². The summed E-state index contributed by atoms with van der Waals surface area (Å²) in [4.78, 5) is 28.4. The van der Waals surface area contributed by atoms with Crippen molar-refractivity contribution in [1.29, 1.82) is 0 Å². The molecule has 8 heteroatoms. The van der Waals surface area contributed by atoms with Crippen molar-refractivity contribution < 1.29 is 28.5 Å². The Morgan fingerprint density at radius 3 is 1.88 bits per heavy atom. The van der Waals surface area contributed by atoms with Gasteiger partial charge in [0.05, 0.1) is 39.7 Å². The van der Waals surface area contributed by atoms with Gasteiger partial charge in [-0.2, -0.15) is 0 Å². The Morgan fingerprint density at radius 2 is 1.29 bits per heavy atom. The van der Waals surface area contributed by atoms with Crippen molar-refractivity contribution in [3.05, 3.63) is 78.0 Å². The predicted octanol–water partition coefficient (Wildman–Crippen LogP) is 4.12. The number of nitrogens with one attached hydrogen (secondary N) is 1. The van der Waals surface area contributed by atoms with Crippen LogP contribution in [0.3, 0.4) is 0 Å². The summed E-state index contributed by atoms with van der Waals surface area (Å²) in [5.41, 5.74) is 1.75. The molecule has 1 N–H and O–H groups in total. The monoisotopic (exact) mass is 460 g/mol. The van der Waals surface area contributed by atoms with E-state index in [-0.39, 0.29) is 11.3 Å². The number of hydrogen-bond acceptors (Lipinski definition) is 7. The number of methoxy groups -OCH3 is 4. The number of benzene rings is 3. The summed E-state index contributed by atoms with van der Waals surface area (Å²) in [6.45, 7) is 0. The predicted molar refractivity (Wildman–Crippen MR) is 129 cm³/mol. The second-order valence-corrected chi connectivity index (χ2v) is 7.32. The van der Waals surface area contributed by atoms with Crippen molar-refractivity contribution in [2.75, 3.05) is 38.7 Å². The number of rotatable bonds is 8. The van der Waals surface area contributed by atoms with Gasteiger partial charge in [0.1, 0.15) is 28.7 Å². The molecule has 0 aromatic heterocycles. The Labute approximate surface area is 197 Å². The van der Waals surface area contributed by atoms with Crippen LogP contribution in [0.1, 0.15) is 5.56 Å². The second-order valence-electron chi connectivity index (χ2n) is 7.32. The second kappa shape index (κ2) is 9.58. The minimum Gasteiger partial charge on any atom is -0.497 e. The van der Waals surface area contributed by atoms with Crippen LogP contribution in [0.4, 0.5) is 11.4 Å². The first-order valence-electron chi connectivity index (χ1n) is 10.4. The molecular formula is C26H24N2O6. The Hall–Kier alpha value is -4.46. The van der Waals surface area contributed by atoms with E-state index in [4.69, 9.17) is 18.9 Å². The maximum Gasteiger partial charge on any atom is 0.282 e. The van der Waals surface area contributed by atoms with Gasteiger partial charge in [0.25, 0.3) is 11.8 Å². The summed E-state index contributed by atoms with van der Waals surface area (Å²) >= 11 is 0. The molecule has 0 radical (unpaired) electrons. The fourth-order valence-corrected chi connectivity index (χ4v) is 3.74. The standard InChI is InChI=1S/C26H24N2O6/c1-31-18-11-9-17(10-12-18)28-25(29)23(21-7-5-6-8-22(21)34-4)24(26(28)30)27-16-13-19(32-2)15-20(14-16)33-3/h5-15,27H,1-4H3. The van der Waals surface area contributed by atoms with E-state index >= 15 is 0 Å². The van der Waals surface area contributed by atoms with Crippen molar-refractivity contribution in [3.63, 3.8) is 0 Å². The van der Waals surface area contributed by atoms with Crippen LogP contribution in [0.25, 0.3) is 5.57 Å². The normalized spacial score (nSPS) is 13.2. The average molecular weight is 460 g/mol. The third-order valence-electron chi connectivity index (χ3n) is 5.41. The summed E-state index contributed by atoms with van der Waals surface area (Å²) in [6, 6.07) is 18.9. The molecule has 0 atom stereocenters. The highest BCUT2D eigenvalue weighted by Gasteiger charge is 2.41. The zero-order valence-electron chi connectivity index (χ0n) is 19.2. The molecule has 1 aliphatic rings. The van der Waals surface area contributed by atoms with E-state index in [1.54, 1.807) is 73.8 Å². The molecule has 8 nitrogen and oxygen atoms in total. The molecule has 0 bridgehead atoms. The molecule has 3 aromatic carbocycles. The first kappa shape index (κ1) is 22.7. The molecule has 0 unspecified atom stereocenters. The van der Waals surface area contributed by atoms with Gasteiger partial charge in [0, 0.05) is 29.4 Å². The van der Waals surface area contributed by atoms with E-state index < -0.39 is 11.8 Å². The van der Waals surface area contributed by atoms with Crippen LogP contribution in [0, 0.1) is 0 Å². The van der Waals surface area contributed by atoms with E-state index in [1.165, 1.54) is 21.3 Å². The van der Waals surface area contributed by atoms with Gasteiger partial charge in [0.15, 0.2) is 0 Å². The van der Waals surface area contributed by atoms with Gasteiger partial charge in [-0.05, 0) is 30.3 Å². The highest BCUT2D eigenvalue weighted by Crippen LogP contribution is 2.38. The number of carbonyl (C=O) groups is 2. The van der Waals surface area contributed by atoms with E-state index in [0.717, 1.165) is 4.90 Å². The van der Waals surface area contributed by atoms with Gasteiger partial charge in [-0.25, -0.2) is 4.90 Å². The fraction of sp³-hybridized carbons (Fsp3) is 0.154. The third kappa shape index (κ3) is 4.13. The Bertz CT molecular complexity index is 1240. The fourth-order valence-electron chi connectivity index (χ4n) is 3.74. The summed E-state index contributed by atoms with van der Waals surface area (Å²) in [7, 11) is 6.14. The molecule has 34 heavy (non-hydrogen) atoms. The molecule has 0 fully saturated rings. The molecule has 1 heterocycles. The number of nitrogens with zero attached hydrogens (tertiary/aromatic N) is 1. The van der Waals surface area contributed by atoms with Gasteiger partial charge in [0.2, 0.25) is 0 Å². The van der Waals surface area contributed by atoms with E-state index in [2.05, 4.69) is 5.32 Å². The van der Waals surface area contributed by atoms with Crippen LogP contribution < -0.4 is 29.2 Å². The van der Waals surface area contributed by atoms with Crippen molar-refractivity contribution in [3.8, 4) is 23.0 Å². The molecule has 1 aliphatic heterocycles.